The fourth-order valence-corrected chi connectivity index (χ4v) is 3.67. The summed E-state index contributed by atoms with van der Waals surface area (Å²) >= 11 is 0. The maximum Gasteiger partial charge on any atom is 0.251 e. The van der Waals surface area contributed by atoms with Crippen LogP contribution in [0.1, 0.15) is 29.6 Å². The molecule has 33 heavy (non-hydrogen) atoms. The summed E-state index contributed by atoms with van der Waals surface area (Å²) in [6.07, 6.45) is 6.85. The third-order valence-electron chi connectivity index (χ3n) is 5.59. The molecule has 1 aliphatic carbocycles. The number of anilines is 1. The van der Waals surface area contributed by atoms with Crippen molar-refractivity contribution in [3.8, 4) is 22.5 Å². The van der Waals surface area contributed by atoms with Gasteiger partial charge in [0.2, 0.25) is 0 Å². The predicted octanol–water partition coefficient (Wildman–Crippen LogP) is 4.14. The zero-order chi connectivity index (χ0) is 21.9. The number of hydrogen-bond acceptors (Lipinski definition) is 5. The number of nitrogens with two attached hydrogens (primary N) is 1. The van der Waals surface area contributed by atoms with E-state index in [1.807, 2.05) is 67.0 Å². The Kier molecular flexibility index (Phi) is 6.91. The highest BCUT2D eigenvalue weighted by Crippen LogP contribution is 2.28. The molecule has 2 aromatic carbocycles. The first-order valence-corrected chi connectivity index (χ1v) is 11.0. The predicted molar refractivity (Wildman–Crippen MR) is 134 cm³/mol. The lowest BCUT2D eigenvalue weighted by Gasteiger charge is -2.11. The van der Waals surface area contributed by atoms with Crippen LogP contribution in [-0.4, -0.2) is 39.4 Å². The summed E-state index contributed by atoms with van der Waals surface area (Å²) < 4.78 is 2.05. The van der Waals surface area contributed by atoms with E-state index in [2.05, 4.69) is 20.0 Å². The van der Waals surface area contributed by atoms with Crippen LogP contribution in [0.2, 0.25) is 0 Å². The van der Waals surface area contributed by atoms with E-state index < -0.39 is 0 Å². The Morgan fingerprint density at radius 1 is 1.06 bits per heavy atom. The molecule has 0 bridgehead atoms. The van der Waals surface area contributed by atoms with Gasteiger partial charge < -0.3 is 16.4 Å². The van der Waals surface area contributed by atoms with Gasteiger partial charge in [-0.25, -0.2) is 9.97 Å². The monoisotopic (exact) mass is 462 g/mol. The molecule has 4 N–H and O–H groups in total. The van der Waals surface area contributed by atoms with Crippen LogP contribution in [0.5, 0.6) is 0 Å². The Balaban J connectivity index is 0.00000259. The summed E-state index contributed by atoms with van der Waals surface area (Å²) in [7, 11) is 0. The highest BCUT2D eigenvalue weighted by molar-refractivity contribution is 5.95. The first-order chi connectivity index (χ1) is 15.7. The molecule has 7 nitrogen and oxygen atoms in total. The van der Waals surface area contributed by atoms with Gasteiger partial charge in [-0.1, -0.05) is 42.5 Å². The van der Waals surface area contributed by atoms with E-state index in [1.54, 1.807) is 0 Å². The molecule has 0 saturated heterocycles. The van der Waals surface area contributed by atoms with Crippen molar-refractivity contribution in [2.24, 2.45) is 5.73 Å². The van der Waals surface area contributed by atoms with Crippen LogP contribution in [0, 0.1) is 0 Å². The number of carbonyl (C=O) groups is 1. The van der Waals surface area contributed by atoms with Gasteiger partial charge in [0, 0.05) is 35.5 Å². The molecule has 0 unspecified atom stereocenters. The van der Waals surface area contributed by atoms with E-state index in [0.29, 0.717) is 18.2 Å². The molecule has 5 rings (SSSR count). The lowest BCUT2D eigenvalue weighted by Crippen LogP contribution is -2.25. The Morgan fingerprint density at radius 3 is 2.52 bits per heavy atom. The van der Waals surface area contributed by atoms with Crippen LogP contribution in [0.3, 0.4) is 0 Å². The van der Waals surface area contributed by atoms with E-state index in [1.165, 1.54) is 0 Å². The minimum absolute atomic E-state index is 0. The minimum atomic E-state index is -0.0147. The van der Waals surface area contributed by atoms with Gasteiger partial charge in [-0.2, -0.15) is 0 Å². The largest absolute Gasteiger partial charge is 0.367 e. The smallest absolute Gasteiger partial charge is 0.251 e. The van der Waals surface area contributed by atoms with Gasteiger partial charge in [-0.15, -0.1) is 12.4 Å². The zero-order valence-corrected chi connectivity index (χ0v) is 19.0. The summed E-state index contributed by atoms with van der Waals surface area (Å²) in [4.78, 5) is 21.8. The average Bonchev–Trinajstić information content (AvgIpc) is 3.54. The SMILES string of the molecule is Cl.NCCCNc1nc(-c2ccccc2)cn2c(-c3ccc(C(=O)NC4CC4)cc3)cnc12. The molecule has 4 aromatic rings. The van der Waals surface area contributed by atoms with Crippen molar-refractivity contribution in [2.45, 2.75) is 25.3 Å². The third-order valence-corrected chi connectivity index (χ3v) is 5.59. The molecule has 0 atom stereocenters. The lowest BCUT2D eigenvalue weighted by molar-refractivity contribution is 0.0951. The highest BCUT2D eigenvalue weighted by Gasteiger charge is 2.23. The number of rotatable bonds is 8. The van der Waals surface area contributed by atoms with Crippen molar-refractivity contribution < 1.29 is 4.79 Å². The number of imidazole rings is 1. The van der Waals surface area contributed by atoms with Crippen LogP contribution >= 0.6 is 12.4 Å². The van der Waals surface area contributed by atoms with Crippen molar-refractivity contribution in [3.63, 3.8) is 0 Å². The number of carbonyl (C=O) groups excluding carboxylic acids is 1. The second-order valence-corrected chi connectivity index (χ2v) is 8.07. The fraction of sp³-hybridized carbons (Fsp3) is 0.240. The molecule has 170 valence electrons. The molecule has 1 aliphatic rings. The topological polar surface area (TPSA) is 97.3 Å². The summed E-state index contributed by atoms with van der Waals surface area (Å²) in [5, 5.41) is 6.41. The Morgan fingerprint density at radius 2 is 1.82 bits per heavy atom. The molecule has 0 radical (unpaired) electrons. The molecule has 2 aromatic heterocycles. The summed E-state index contributed by atoms with van der Waals surface area (Å²) in [6, 6.07) is 18.1. The number of halogens is 1. The van der Waals surface area contributed by atoms with Gasteiger partial charge >= 0.3 is 0 Å². The third kappa shape index (κ3) is 4.99. The molecule has 2 heterocycles. The molecule has 1 saturated carbocycles. The lowest BCUT2D eigenvalue weighted by atomic mass is 10.1. The van der Waals surface area contributed by atoms with Crippen LogP contribution in [0.15, 0.2) is 67.0 Å². The van der Waals surface area contributed by atoms with E-state index >= 15 is 0 Å². The molecular formula is C25H27ClN6O. The molecule has 0 aliphatic heterocycles. The van der Waals surface area contributed by atoms with Gasteiger partial charge in [0.25, 0.3) is 5.91 Å². The van der Waals surface area contributed by atoms with E-state index in [4.69, 9.17) is 10.7 Å². The van der Waals surface area contributed by atoms with Crippen LogP contribution < -0.4 is 16.4 Å². The van der Waals surface area contributed by atoms with E-state index in [9.17, 15) is 4.79 Å². The maximum absolute atomic E-state index is 12.3. The van der Waals surface area contributed by atoms with Crippen molar-refractivity contribution in [3.05, 3.63) is 72.6 Å². The second kappa shape index (κ2) is 10.0. The van der Waals surface area contributed by atoms with Crippen LogP contribution in [-0.2, 0) is 0 Å². The minimum Gasteiger partial charge on any atom is -0.367 e. The van der Waals surface area contributed by atoms with E-state index in [-0.39, 0.29) is 18.3 Å². The van der Waals surface area contributed by atoms with Crippen LogP contribution in [0.25, 0.3) is 28.2 Å². The first-order valence-electron chi connectivity index (χ1n) is 11.0. The first kappa shape index (κ1) is 22.8. The van der Waals surface area contributed by atoms with Gasteiger partial charge in [0.15, 0.2) is 11.5 Å². The second-order valence-electron chi connectivity index (χ2n) is 8.07. The summed E-state index contributed by atoms with van der Waals surface area (Å²) in [5.74, 6) is 0.714. The van der Waals surface area contributed by atoms with Crippen molar-refractivity contribution >= 4 is 29.8 Å². The van der Waals surface area contributed by atoms with Gasteiger partial charge in [0.05, 0.1) is 17.6 Å². The number of benzene rings is 2. The van der Waals surface area contributed by atoms with Crippen molar-refractivity contribution in [1.82, 2.24) is 19.7 Å². The quantitative estimate of drug-likeness (QED) is 0.342. The van der Waals surface area contributed by atoms with Crippen molar-refractivity contribution in [2.75, 3.05) is 18.4 Å². The molecule has 0 spiro atoms. The summed E-state index contributed by atoms with van der Waals surface area (Å²) in [6.45, 7) is 1.34. The molecule has 1 fully saturated rings. The maximum atomic E-state index is 12.3. The normalized spacial score (nSPS) is 12.9. The van der Waals surface area contributed by atoms with Gasteiger partial charge in [-0.05, 0) is 37.9 Å². The zero-order valence-electron chi connectivity index (χ0n) is 18.2. The Labute approximate surface area is 198 Å². The number of fused-ring (bicyclic) bond motifs is 1. The highest BCUT2D eigenvalue weighted by atomic mass is 35.5. The number of aromatic nitrogens is 3. The number of nitrogens with one attached hydrogen (secondary N) is 2. The average molecular weight is 463 g/mol. The standard InChI is InChI=1S/C25H26N6O.ClH/c26-13-4-14-27-23-24-28-15-22(31(24)16-21(30-23)17-5-2-1-3-6-17)18-7-9-19(10-8-18)25(32)29-20-11-12-20;/h1-3,5-10,15-16,20H,4,11-14,26H2,(H,27,30)(H,29,32);1H. The molecule has 1 amide bonds. The number of nitrogens with zero attached hydrogens (tertiary/aromatic N) is 3. The van der Waals surface area contributed by atoms with Crippen molar-refractivity contribution in [1.29, 1.82) is 0 Å². The van der Waals surface area contributed by atoms with Gasteiger partial charge in [0.1, 0.15) is 0 Å². The number of hydrogen-bond donors (Lipinski definition) is 3. The number of amides is 1. The fourth-order valence-electron chi connectivity index (χ4n) is 3.67. The van der Waals surface area contributed by atoms with Gasteiger partial charge in [-0.3, -0.25) is 9.20 Å². The van der Waals surface area contributed by atoms with Crippen LogP contribution in [0.4, 0.5) is 5.82 Å². The molecule has 8 heteroatoms. The molecular weight excluding hydrogens is 436 g/mol. The summed E-state index contributed by atoms with van der Waals surface area (Å²) in [5.41, 5.74) is 10.9. The van der Waals surface area contributed by atoms with E-state index in [0.717, 1.165) is 59.8 Å². The Bertz CT molecular complexity index is 1240. The Hall–Kier alpha value is -3.42.